The highest BCUT2D eigenvalue weighted by molar-refractivity contribution is 7.78. The molecule has 0 aliphatic heterocycles. The average Bonchev–Trinajstić information content (AvgIpc) is 2.02. The number of nitrogens with zero attached hydrogens (tertiary/aromatic N) is 1. The van der Waals surface area contributed by atoms with E-state index in [-0.39, 0.29) is 5.70 Å². The van der Waals surface area contributed by atoms with Gasteiger partial charge in [-0.15, -0.1) is 0 Å². The number of alkyl halides is 3. The Bertz CT molecular complexity index is 375. The van der Waals surface area contributed by atoms with Crippen LogP contribution < -0.4 is 0 Å². The normalized spacial score (nSPS) is 16.9. The molecule has 0 saturated carbocycles. The summed E-state index contributed by atoms with van der Waals surface area (Å²) in [6.07, 6.45) is -3.33. The van der Waals surface area contributed by atoms with Crippen LogP contribution >= 0.6 is 12.2 Å². The first kappa shape index (κ1) is 10.8. The minimum Gasteiger partial charge on any atom is -0.294 e. The Morgan fingerprint density at radius 2 is 2.07 bits per heavy atom. The van der Waals surface area contributed by atoms with Gasteiger partial charge in [0, 0.05) is 18.1 Å². The van der Waals surface area contributed by atoms with Crippen LogP contribution in [0.15, 0.2) is 28.4 Å². The zero-order valence-corrected chi connectivity index (χ0v) is 7.58. The third kappa shape index (κ3) is 2.61. The van der Waals surface area contributed by atoms with Crippen LogP contribution in [0, 0.1) is 0 Å². The number of thiocarbonyl (C=S) groups is 1. The van der Waals surface area contributed by atoms with E-state index in [2.05, 4.69) is 17.2 Å². The zero-order chi connectivity index (χ0) is 10.8. The van der Waals surface area contributed by atoms with Crippen molar-refractivity contribution in [3.63, 3.8) is 0 Å². The number of rotatable bonds is 1. The van der Waals surface area contributed by atoms with Crippen molar-refractivity contribution in [2.24, 2.45) is 4.99 Å². The number of carbonyl (C=O) groups is 1. The van der Waals surface area contributed by atoms with Gasteiger partial charge in [-0.25, -0.2) is 0 Å². The molecule has 0 spiro atoms. The van der Waals surface area contributed by atoms with Gasteiger partial charge in [0.25, 0.3) is 0 Å². The van der Waals surface area contributed by atoms with Crippen LogP contribution in [0.4, 0.5) is 13.2 Å². The number of hydrogen-bond donors (Lipinski definition) is 0. The lowest BCUT2D eigenvalue weighted by Crippen LogP contribution is -2.17. The van der Waals surface area contributed by atoms with Gasteiger partial charge in [-0.2, -0.15) is 18.2 Å². The second-order valence-electron chi connectivity index (χ2n) is 2.58. The van der Waals surface area contributed by atoms with Crippen molar-refractivity contribution in [1.82, 2.24) is 0 Å². The van der Waals surface area contributed by atoms with E-state index in [1.54, 1.807) is 0 Å². The molecule has 1 rings (SSSR count). The number of allylic oxidation sites excluding steroid dienone is 3. The Hall–Kier alpha value is -1.26. The standard InChI is InChI=1S/C8H4F3NOS/c9-8(10,11)5-1-6(12-4-14)3-7(13)2-5/h1,3H,2H2. The molecule has 0 aromatic rings. The van der Waals surface area contributed by atoms with Crippen LogP contribution in [-0.4, -0.2) is 17.1 Å². The summed E-state index contributed by atoms with van der Waals surface area (Å²) in [5, 5.41) is 1.91. The molecule has 1 aliphatic carbocycles. The molecule has 0 unspecified atom stereocenters. The summed E-state index contributed by atoms with van der Waals surface area (Å²) in [5.41, 5.74) is -1.02. The number of aliphatic imine (C=N–C) groups is 1. The lowest BCUT2D eigenvalue weighted by Gasteiger charge is -2.13. The third-order valence-electron chi connectivity index (χ3n) is 1.53. The zero-order valence-electron chi connectivity index (χ0n) is 6.76. The van der Waals surface area contributed by atoms with E-state index in [9.17, 15) is 18.0 Å². The van der Waals surface area contributed by atoms with Crippen LogP contribution in [0.25, 0.3) is 0 Å². The fourth-order valence-corrected chi connectivity index (χ4v) is 1.08. The molecule has 0 amide bonds. The second kappa shape index (κ2) is 3.86. The molecule has 0 N–H and O–H groups in total. The van der Waals surface area contributed by atoms with Gasteiger partial charge < -0.3 is 0 Å². The fourth-order valence-electron chi connectivity index (χ4n) is 0.974. The van der Waals surface area contributed by atoms with Crippen LogP contribution in [0.3, 0.4) is 0 Å². The fraction of sp³-hybridized carbons (Fsp3) is 0.250. The van der Waals surface area contributed by atoms with Gasteiger partial charge in [0.15, 0.2) is 5.78 Å². The van der Waals surface area contributed by atoms with E-state index in [4.69, 9.17) is 0 Å². The summed E-state index contributed by atoms with van der Waals surface area (Å²) in [4.78, 5) is 14.2. The molecule has 0 heterocycles. The monoisotopic (exact) mass is 219 g/mol. The molecular weight excluding hydrogens is 215 g/mol. The molecule has 0 bridgehead atoms. The first-order valence-electron chi connectivity index (χ1n) is 3.53. The molecule has 14 heavy (non-hydrogen) atoms. The number of carbonyl (C=O) groups excluding carboxylic acids is 1. The third-order valence-corrected chi connectivity index (χ3v) is 1.63. The van der Waals surface area contributed by atoms with Gasteiger partial charge >= 0.3 is 6.18 Å². The van der Waals surface area contributed by atoms with Crippen molar-refractivity contribution < 1.29 is 18.0 Å². The number of hydrogen-bond acceptors (Lipinski definition) is 3. The van der Waals surface area contributed by atoms with E-state index in [0.717, 1.165) is 12.2 Å². The van der Waals surface area contributed by atoms with Crippen molar-refractivity contribution in [3.05, 3.63) is 23.4 Å². The van der Waals surface area contributed by atoms with E-state index in [1.165, 1.54) is 0 Å². The maximum atomic E-state index is 12.2. The molecule has 74 valence electrons. The highest BCUT2D eigenvalue weighted by atomic mass is 32.1. The molecule has 0 fully saturated rings. The SMILES string of the molecule is O=C1C=C(N=C=S)C=C(C(F)(F)F)C1. The summed E-state index contributed by atoms with van der Waals surface area (Å²) in [7, 11) is 0. The molecular formula is C8H4F3NOS. The Morgan fingerprint density at radius 3 is 2.57 bits per heavy atom. The van der Waals surface area contributed by atoms with Gasteiger partial charge in [-0.1, -0.05) is 0 Å². The van der Waals surface area contributed by atoms with Crippen LogP contribution in [0.5, 0.6) is 0 Å². The summed E-state index contributed by atoms with van der Waals surface area (Å²) in [6, 6.07) is 0. The number of ketones is 1. The van der Waals surface area contributed by atoms with Gasteiger partial charge in [0.2, 0.25) is 0 Å². The quantitative estimate of drug-likeness (QED) is 0.500. The van der Waals surface area contributed by atoms with Gasteiger partial charge in [-0.05, 0) is 18.3 Å². The smallest absolute Gasteiger partial charge is 0.294 e. The summed E-state index contributed by atoms with van der Waals surface area (Å²) >= 11 is 4.22. The van der Waals surface area contributed by atoms with E-state index in [0.29, 0.717) is 0 Å². The first-order valence-corrected chi connectivity index (χ1v) is 3.94. The van der Waals surface area contributed by atoms with Crippen molar-refractivity contribution in [2.45, 2.75) is 12.6 Å². The molecule has 0 saturated heterocycles. The largest absolute Gasteiger partial charge is 0.413 e. The minimum absolute atomic E-state index is 0.108. The van der Waals surface area contributed by atoms with E-state index in [1.807, 2.05) is 5.16 Å². The summed E-state index contributed by atoms with van der Waals surface area (Å²) in [6.45, 7) is 0. The molecule has 0 atom stereocenters. The number of halogens is 3. The Kier molecular flexibility index (Phi) is 2.98. The highest BCUT2D eigenvalue weighted by Crippen LogP contribution is 2.31. The second-order valence-corrected chi connectivity index (χ2v) is 2.77. The van der Waals surface area contributed by atoms with Crippen LogP contribution in [0.1, 0.15) is 6.42 Å². The van der Waals surface area contributed by atoms with Crippen molar-refractivity contribution in [1.29, 1.82) is 0 Å². The molecule has 0 aromatic heterocycles. The topological polar surface area (TPSA) is 29.4 Å². The lowest BCUT2D eigenvalue weighted by atomic mass is 10.0. The molecule has 2 nitrogen and oxygen atoms in total. The first-order chi connectivity index (χ1) is 6.43. The van der Waals surface area contributed by atoms with Crippen LogP contribution in [-0.2, 0) is 4.79 Å². The molecule has 0 radical (unpaired) electrons. The Morgan fingerprint density at radius 1 is 1.43 bits per heavy atom. The maximum Gasteiger partial charge on any atom is 0.413 e. The average molecular weight is 219 g/mol. The lowest BCUT2D eigenvalue weighted by molar-refractivity contribution is -0.119. The Labute approximate surface area is 82.8 Å². The molecule has 1 aliphatic rings. The molecule has 6 heteroatoms. The Balaban J connectivity index is 3.07. The van der Waals surface area contributed by atoms with Gasteiger partial charge in [0.1, 0.15) is 0 Å². The molecule has 0 aromatic carbocycles. The predicted octanol–water partition coefficient (Wildman–Crippen LogP) is 2.43. The maximum absolute atomic E-state index is 12.2. The minimum atomic E-state index is -4.49. The van der Waals surface area contributed by atoms with Crippen molar-refractivity contribution in [2.75, 3.05) is 0 Å². The van der Waals surface area contributed by atoms with Gasteiger partial charge in [0.05, 0.1) is 10.9 Å². The van der Waals surface area contributed by atoms with E-state index < -0.39 is 24.0 Å². The van der Waals surface area contributed by atoms with Crippen molar-refractivity contribution in [3.8, 4) is 0 Å². The van der Waals surface area contributed by atoms with E-state index >= 15 is 0 Å². The summed E-state index contributed by atoms with van der Waals surface area (Å²) in [5.74, 6) is -0.635. The number of isothiocyanates is 1. The predicted molar refractivity (Wildman–Crippen MR) is 46.9 cm³/mol. The van der Waals surface area contributed by atoms with Crippen LogP contribution in [0.2, 0.25) is 0 Å². The summed E-state index contributed by atoms with van der Waals surface area (Å²) < 4.78 is 36.6. The van der Waals surface area contributed by atoms with Crippen molar-refractivity contribution >= 4 is 23.2 Å². The van der Waals surface area contributed by atoms with Gasteiger partial charge in [-0.3, -0.25) is 4.79 Å². The highest BCUT2D eigenvalue weighted by Gasteiger charge is 2.35.